The second kappa shape index (κ2) is 8.08. The van der Waals surface area contributed by atoms with Gasteiger partial charge in [0.15, 0.2) is 0 Å². The van der Waals surface area contributed by atoms with Crippen molar-refractivity contribution in [1.82, 2.24) is 9.88 Å². The first-order chi connectivity index (χ1) is 13.5. The van der Waals surface area contributed by atoms with E-state index < -0.39 is 0 Å². The summed E-state index contributed by atoms with van der Waals surface area (Å²) in [5.74, 6) is 1.55. The molecule has 1 aromatic heterocycles. The van der Waals surface area contributed by atoms with Gasteiger partial charge in [0.05, 0.1) is 21.5 Å². The fourth-order valence-corrected chi connectivity index (χ4v) is 5.82. The number of likely N-dealkylation sites (tertiary alicyclic amines) is 1. The predicted molar refractivity (Wildman–Crippen MR) is 110 cm³/mol. The number of hydrogen-bond donors (Lipinski definition) is 0. The smallest absolute Gasteiger partial charge is 0.230 e. The average Bonchev–Trinajstić information content (AvgIpc) is 2.99. The maximum atomic E-state index is 13.5. The van der Waals surface area contributed by atoms with Crippen LogP contribution in [0.4, 0.5) is 5.82 Å². The van der Waals surface area contributed by atoms with Gasteiger partial charge in [0.1, 0.15) is 5.82 Å². The largest absolute Gasteiger partial charge is 0.354 e. The summed E-state index contributed by atoms with van der Waals surface area (Å²) in [6.45, 7) is 2.39. The van der Waals surface area contributed by atoms with Crippen molar-refractivity contribution in [2.45, 2.75) is 57.4 Å². The maximum Gasteiger partial charge on any atom is 0.230 e. The fraction of sp³-hybridized carbons (Fsp3) is 0.667. The van der Waals surface area contributed by atoms with Gasteiger partial charge in [0.2, 0.25) is 5.91 Å². The second-order valence-electron chi connectivity index (χ2n) is 8.55. The number of hydrogen-bond acceptors (Lipinski definition) is 4. The molecule has 28 heavy (non-hydrogen) atoms. The highest BCUT2D eigenvalue weighted by Crippen LogP contribution is 2.44. The van der Waals surface area contributed by atoms with Crippen LogP contribution in [0.25, 0.3) is 0 Å². The van der Waals surface area contributed by atoms with Crippen LogP contribution in [0.15, 0.2) is 12.3 Å². The molecular formula is C21H26Cl2N4O. The Bertz CT molecular complexity index is 787. The van der Waals surface area contributed by atoms with E-state index >= 15 is 0 Å². The Morgan fingerprint density at radius 1 is 1.21 bits per heavy atom. The van der Waals surface area contributed by atoms with Crippen LogP contribution in [0.2, 0.25) is 10.0 Å². The zero-order valence-electron chi connectivity index (χ0n) is 16.0. The summed E-state index contributed by atoms with van der Waals surface area (Å²) in [6.07, 6.45) is 9.26. The van der Waals surface area contributed by atoms with Crippen LogP contribution in [0.5, 0.6) is 0 Å². The van der Waals surface area contributed by atoms with Gasteiger partial charge in [-0.1, -0.05) is 23.2 Å². The van der Waals surface area contributed by atoms with Crippen molar-refractivity contribution < 1.29 is 4.79 Å². The van der Waals surface area contributed by atoms with Gasteiger partial charge in [-0.05, 0) is 56.9 Å². The average molecular weight is 421 g/mol. The lowest BCUT2D eigenvalue weighted by Gasteiger charge is -2.41. The number of anilines is 1. The van der Waals surface area contributed by atoms with Crippen molar-refractivity contribution in [2.24, 2.45) is 11.3 Å². The lowest BCUT2D eigenvalue weighted by molar-refractivity contribution is -0.139. The van der Waals surface area contributed by atoms with Crippen molar-refractivity contribution in [2.75, 3.05) is 24.5 Å². The van der Waals surface area contributed by atoms with E-state index in [4.69, 9.17) is 28.5 Å². The zero-order chi connectivity index (χ0) is 19.7. The standard InChI is InChI=1S/C21H26Cl2N4O/c22-16-12-18(23)19(25-13-16)26-10-1-7-21(14-26)8-11-27(20(21)28)17-4-2-15(3-5-17)6-9-24/h12-13,15,17H,1-8,10-11,14H2. The first-order valence-corrected chi connectivity index (χ1v) is 11.0. The third-order valence-electron chi connectivity index (χ3n) is 6.85. The normalized spacial score (nSPS) is 30.7. The van der Waals surface area contributed by atoms with Crippen LogP contribution >= 0.6 is 23.2 Å². The summed E-state index contributed by atoms with van der Waals surface area (Å²) < 4.78 is 0. The molecule has 1 saturated carbocycles. The van der Waals surface area contributed by atoms with Crippen LogP contribution < -0.4 is 4.90 Å². The van der Waals surface area contributed by atoms with Crippen molar-refractivity contribution >= 4 is 34.9 Å². The highest BCUT2D eigenvalue weighted by Gasteiger charge is 2.51. The molecule has 4 rings (SSSR count). The second-order valence-corrected chi connectivity index (χ2v) is 9.39. The van der Waals surface area contributed by atoms with Gasteiger partial charge in [-0.15, -0.1) is 0 Å². The Kier molecular flexibility index (Phi) is 5.71. The predicted octanol–water partition coefficient (Wildman–Crippen LogP) is 4.68. The Labute approximate surface area is 176 Å². The zero-order valence-corrected chi connectivity index (χ0v) is 17.6. The van der Waals surface area contributed by atoms with Gasteiger partial charge in [-0.2, -0.15) is 5.26 Å². The summed E-state index contributed by atoms with van der Waals surface area (Å²) in [5.41, 5.74) is -0.313. The van der Waals surface area contributed by atoms with Crippen LogP contribution in [-0.2, 0) is 4.79 Å². The number of carbonyl (C=O) groups is 1. The SMILES string of the molecule is N#CCC1CCC(N2CCC3(CCCN(c4ncc(Cl)cc4Cl)C3)C2=O)CC1. The first-order valence-electron chi connectivity index (χ1n) is 10.3. The highest BCUT2D eigenvalue weighted by atomic mass is 35.5. The van der Waals surface area contributed by atoms with Gasteiger partial charge in [-0.25, -0.2) is 4.98 Å². The number of halogens is 2. The minimum atomic E-state index is -0.313. The number of pyridine rings is 1. The van der Waals surface area contributed by atoms with Gasteiger partial charge in [0, 0.05) is 38.3 Å². The summed E-state index contributed by atoms with van der Waals surface area (Å²) >= 11 is 12.4. The van der Waals surface area contributed by atoms with Crippen LogP contribution in [0, 0.1) is 22.7 Å². The van der Waals surface area contributed by atoms with Gasteiger partial charge in [0.25, 0.3) is 0 Å². The third kappa shape index (κ3) is 3.69. The number of rotatable bonds is 3. The molecule has 3 heterocycles. The number of nitrogens with zero attached hydrogens (tertiary/aromatic N) is 4. The van der Waals surface area contributed by atoms with E-state index in [1.165, 1.54) is 0 Å². The molecule has 1 atom stereocenters. The number of nitriles is 1. The van der Waals surface area contributed by atoms with E-state index in [9.17, 15) is 4.79 Å². The van der Waals surface area contributed by atoms with E-state index in [2.05, 4.69) is 20.9 Å². The van der Waals surface area contributed by atoms with E-state index in [-0.39, 0.29) is 5.41 Å². The Morgan fingerprint density at radius 2 is 2.00 bits per heavy atom. The van der Waals surface area contributed by atoms with E-state index in [0.29, 0.717) is 40.9 Å². The molecule has 1 aliphatic carbocycles. The number of piperidine rings is 1. The maximum absolute atomic E-state index is 13.5. The van der Waals surface area contributed by atoms with E-state index in [1.54, 1.807) is 12.3 Å². The lowest BCUT2D eigenvalue weighted by atomic mass is 9.78. The van der Waals surface area contributed by atoms with Gasteiger partial charge < -0.3 is 9.80 Å². The molecule has 0 N–H and O–H groups in total. The molecule has 2 saturated heterocycles. The number of amides is 1. The molecule has 1 unspecified atom stereocenters. The van der Waals surface area contributed by atoms with Crippen molar-refractivity contribution in [3.05, 3.63) is 22.3 Å². The molecule has 1 aromatic rings. The summed E-state index contributed by atoms with van der Waals surface area (Å²) in [5, 5.41) is 9.98. The summed E-state index contributed by atoms with van der Waals surface area (Å²) in [4.78, 5) is 22.2. The van der Waals surface area contributed by atoms with Crippen molar-refractivity contribution in [3.8, 4) is 6.07 Å². The molecule has 3 aliphatic rings. The van der Waals surface area contributed by atoms with Gasteiger partial charge >= 0.3 is 0 Å². The Balaban J connectivity index is 1.45. The quantitative estimate of drug-likeness (QED) is 0.711. The minimum Gasteiger partial charge on any atom is -0.354 e. The first kappa shape index (κ1) is 19.8. The van der Waals surface area contributed by atoms with Gasteiger partial charge in [-0.3, -0.25) is 4.79 Å². The summed E-state index contributed by atoms with van der Waals surface area (Å²) in [7, 11) is 0. The molecule has 5 nitrogen and oxygen atoms in total. The summed E-state index contributed by atoms with van der Waals surface area (Å²) in [6, 6.07) is 4.35. The minimum absolute atomic E-state index is 0.311. The van der Waals surface area contributed by atoms with E-state index in [0.717, 1.165) is 63.9 Å². The number of aromatic nitrogens is 1. The molecule has 3 fully saturated rings. The van der Waals surface area contributed by atoms with Crippen LogP contribution in [-0.4, -0.2) is 41.5 Å². The Hall–Kier alpha value is -1.51. The lowest BCUT2D eigenvalue weighted by Crippen LogP contribution is -2.50. The molecular weight excluding hydrogens is 395 g/mol. The van der Waals surface area contributed by atoms with Crippen molar-refractivity contribution in [1.29, 1.82) is 5.26 Å². The van der Waals surface area contributed by atoms with Crippen LogP contribution in [0.1, 0.15) is 51.4 Å². The molecule has 0 aromatic carbocycles. The third-order valence-corrected chi connectivity index (χ3v) is 7.33. The molecule has 0 bridgehead atoms. The molecule has 0 radical (unpaired) electrons. The van der Waals surface area contributed by atoms with Crippen LogP contribution in [0.3, 0.4) is 0 Å². The monoisotopic (exact) mass is 420 g/mol. The van der Waals surface area contributed by atoms with E-state index in [1.807, 2.05) is 0 Å². The molecule has 7 heteroatoms. The number of carbonyl (C=O) groups excluding carboxylic acids is 1. The molecule has 1 spiro atoms. The van der Waals surface area contributed by atoms with Crippen molar-refractivity contribution in [3.63, 3.8) is 0 Å². The Morgan fingerprint density at radius 3 is 2.71 bits per heavy atom. The topological polar surface area (TPSA) is 60.2 Å². The molecule has 150 valence electrons. The molecule has 1 amide bonds. The highest BCUT2D eigenvalue weighted by molar-refractivity contribution is 6.36. The fourth-order valence-electron chi connectivity index (χ4n) is 5.32. The molecule has 2 aliphatic heterocycles.